The number of imide groups is 1. The van der Waals surface area contributed by atoms with Crippen LogP contribution < -0.4 is 15.0 Å². The predicted molar refractivity (Wildman–Crippen MR) is 137 cm³/mol. The molecule has 1 aromatic carbocycles. The number of pyridine rings is 1. The summed E-state index contributed by atoms with van der Waals surface area (Å²) in [6, 6.07) is 8.28. The maximum atomic E-state index is 13.2. The van der Waals surface area contributed by atoms with Gasteiger partial charge in [0.1, 0.15) is 6.04 Å². The lowest BCUT2D eigenvalue weighted by molar-refractivity contribution is -0.134. The van der Waals surface area contributed by atoms with Crippen molar-refractivity contribution in [1.29, 1.82) is 0 Å². The first-order chi connectivity index (χ1) is 18.4. The molecule has 2 saturated heterocycles. The van der Waals surface area contributed by atoms with Crippen LogP contribution >= 0.6 is 0 Å². The molecule has 2 bridgehead atoms. The minimum Gasteiger partial charge on any atom is -0.493 e. The SMILES string of the molecule is COc1cc2c(cc1OC)CN1C(=O)N(CCCC(=O)N3CC4CC(C3)c3cccc(=O)n3C4)C(=O)C1C2. The Bertz CT molecular complexity index is 1320. The number of nitrogens with zero attached hydrogens (tertiary/aromatic N) is 4. The summed E-state index contributed by atoms with van der Waals surface area (Å²) in [6.07, 6.45) is 2.11. The van der Waals surface area contributed by atoms with E-state index in [0.717, 1.165) is 23.2 Å². The molecule has 1 aromatic heterocycles. The molecule has 38 heavy (non-hydrogen) atoms. The zero-order chi connectivity index (χ0) is 26.6. The van der Waals surface area contributed by atoms with Gasteiger partial charge in [0, 0.05) is 63.2 Å². The molecule has 0 radical (unpaired) electrons. The van der Waals surface area contributed by atoms with Gasteiger partial charge in [-0.15, -0.1) is 0 Å². The number of hydrogen-bond donors (Lipinski definition) is 0. The van der Waals surface area contributed by atoms with Gasteiger partial charge in [0.15, 0.2) is 11.5 Å². The van der Waals surface area contributed by atoms with Gasteiger partial charge in [-0.05, 0) is 48.1 Å². The van der Waals surface area contributed by atoms with Crippen LogP contribution in [-0.4, -0.2) is 77.0 Å². The number of amides is 4. The van der Waals surface area contributed by atoms with Crippen LogP contribution in [0.5, 0.6) is 11.5 Å². The molecule has 10 heteroatoms. The summed E-state index contributed by atoms with van der Waals surface area (Å²) in [4.78, 5) is 56.5. The molecule has 0 saturated carbocycles. The number of rotatable bonds is 6. The van der Waals surface area contributed by atoms with Gasteiger partial charge in [-0.3, -0.25) is 19.3 Å². The van der Waals surface area contributed by atoms with Crippen molar-refractivity contribution in [2.45, 2.75) is 50.7 Å². The first kappa shape index (κ1) is 24.5. The topological polar surface area (TPSA) is 101 Å². The number of piperidine rings is 1. The first-order valence-corrected chi connectivity index (χ1v) is 13.2. The molecule has 3 atom stereocenters. The Morgan fingerprint density at radius 1 is 1.00 bits per heavy atom. The van der Waals surface area contributed by atoms with Crippen LogP contribution in [0, 0.1) is 5.92 Å². The van der Waals surface area contributed by atoms with E-state index in [1.807, 2.05) is 27.7 Å². The van der Waals surface area contributed by atoms with Crippen molar-refractivity contribution in [3.05, 3.63) is 57.5 Å². The summed E-state index contributed by atoms with van der Waals surface area (Å²) in [5.41, 5.74) is 2.94. The van der Waals surface area contributed by atoms with Gasteiger partial charge in [0.2, 0.25) is 5.91 Å². The van der Waals surface area contributed by atoms with Crippen molar-refractivity contribution in [2.24, 2.45) is 5.92 Å². The fourth-order valence-corrected chi connectivity index (χ4v) is 6.62. The van der Waals surface area contributed by atoms with Crippen LogP contribution in [-0.2, 0) is 29.1 Å². The second-order valence-corrected chi connectivity index (χ2v) is 10.7. The Balaban J connectivity index is 1.07. The second-order valence-electron chi connectivity index (χ2n) is 10.7. The van der Waals surface area contributed by atoms with Crippen molar-refractivity contribution >= 4 is 17.8 Å². The number of aromatic nitrogens is 1. The Hall–Kier alpha value is -3.82. The van der Waals surface area contributed by atoms with E-state index in [4.69, 9.17) is 9.47 Å². The van der Waals surface area contributed by atoms with Crippen LogP contribution in [0.2, 0.25) is 0 Å². The molecule has 4 aliphatic rings. The summed E-state index contributed by atoms with van der Waals surface area (Å²) >= 11 is 0. The Morgan fingerprint density at radius 3 is 2.53 bits per heavy atom. The molecule has 2 aromatic rings. The van der Waals surface area contributed by atoms with Gasteiger partial charge >= 0.3 is 6.03 Å². The molecule has 200 valence electrons. The predicted octanol–water partition coefficient (Wildman–Crippen LogP) is 1.98. The number of urea groups is 1. The molecule has 4 aliphatic heterocycles. The summed E-state index contributed by atoms with van der Waals surface area (Å²) in [7, 11) is 3.14. The maximum absolute atomic E-state index is 13.2. The van der Waals surface area contributed by atoms with E-state index in [0.29, 0.717) is 50.5 Å². The lowest BCUT2D eigenvalue weighted by Gasteiger charge is -2.42. The molecule has 3 unspecified atom stereocenters. The summed E-state index contributed by atoms with van der Waals surface area (Å²) < 4.78 is 12.7. The van der Waals surface area contributed by atoms with Gasteiger partial charge in [0.05, 0.1) is 14.2 Å². The fourth-order valence-electron chi connectivity index (χ4n) is 6.62. The fraction of sp³-hybridized carbons (Fsp3) is 0.500. The van der Waals surface area contributed by atoms with E-state index in [1.165, 1.54) is 4.90 Å². The zero-order valence-electron chi connectivity index (χ0n) is 21.7. The molecule has 2 fully saturated rings. The lowest BCUT2D eigenvalue weighted by atomic mass is 9.83. The smallest absolute Gasteiger partial charge is 0.327 e. The van der Waals surface area contributed by atoms with Crippen molar-refractivity contribution in [2.75, 3.05) is 33.9 Å². The van der Waals surface area contributed by atoms with E-state index in [1.54, 1.807) is 31.3 Å². The first-order valence-electron chi connectivity index (χ1n) is 13.2. The molecule has 0 aliphatic carbocycles. The third-order valence-electron chi connectivity index (χ3n) is 8.47. The van der Waals surface area contributed by atoms with E-state index in [2.05, 4.69) is 0 Å². The van der Waals surface area contributed by atoms with Gasteiger partial charge in [0.25, 0.3) is 11.5 Å². The standard InChI is InChI=1S/C28H32N4O6/c1-37-23-11-18-10-22-27(35)30(28(36)32(22)16-19(18)12-24(23)38-2)8-4-7-25(33)29-13-17-9-20(15-29)21-5-3-6-26(34)31(21)14-17/h3,5-6,11-12,17,20,22H,4,7-10,13-16H2,1-2H3. The highest BCUT2D eigenvalue weighted by atomic mass is 16.5. The number of carbonyl (C=O) groups is 3. The van der Waals surface area contributed by atoms with E-state index < -0.39 is 6.04 Å². The molecule has 10 nitrogen and oxygen atoms in total. The average Bonchev–Trinajstić information content (AvgIpc) is 3.15. The summed E-state index contributed by atoms with van der Waals surface area (Å²) in [6.45, 7) is 2.43. The highest BCUT2D eigenvalue weighted by Crippen LogP contribution is 2.38. The number of methoxy groups -OCH3 is 2. The van der Waals surface area contributed by atoms with Crippen LogP contribution in [0.15, 0.2) is 35.1 Å². The number of ether oxygens (including phenoxy) is 2. The Kier molecular flexibility index (Phi) is 6.12. The summed E-state index contributed by atoms with van der Waals surface area (Å²) in [5.74, 6) is 1.45. The van der Waals surface area contributed by atoms with Crippen LogP contribution in [0.4, 0.5) is 4.79 Å². The van der Waals surface area contributed by atoms with E-state index in [9.17, 15) is 19.2 Å². The highest BCUT2D eigenvalue weighted by molar-refractivity contribution is 6.04. The monoisotopic (exact) mass is 520 g/mol. The van der Waals surface area contributed by atoms with Crippen LogP contribution in [0.25, 0.3) is 0 Å². The van der Waals surface area contributed by atoms with Crippen LogP contribution in [0.3, 0.4) is 0 Å². The molecule has 0 spiro atoms. The molecule has 5 heterocycles. The number of benzene rings is 1. The second kappa shape index (κ2) is 9.49. The molecule has 4 amide bonds. The third kappa shape index (κ3) is 4.02. The minimum atomic E-state index is -0.534. The van der Waals surface area contributed by atoms with Gasteiger partial charge in [-0.25, -0.2) is 4.79 Å². The quantitative estimate of drug-likeness (QED) is 0.540. The zero-order valence-corrected chi connectivity index (χ0v) is 21.7. The van der Waals surface area contributed by atoms with Crippen molar-refractivity contribution in [1.82, 2.24) is 19.3 Å². The Labute approximate surface area is 220 Å². The number of fused-ring (bicyclic) bond motifs is 6. The lowest BCUT2D eigenvalue weighted by Crippen LogP contribution is -2.49. The van der Waals surface area contributed by atoms with Crippen LogP contribution in [0.1, 0.15) is 42.0 Å². The van der Waals surface area contributed by atoms with E-state index >= 15 is 0 Å². The van der Waals surface area contributed by atoms with Crippen molar-refractivity contribution in [3.8, 4) is 11.5 Å². The minimum absolute atomic E-state index is 0.0228. The normalized spacial score (nSPS) is 23.6. The number of likely N-dealkylation sites (tertiary alicyclic amines) is 1. The highest BCUT2D eigenvalue weighted by Gasteiger charge is 2.47. The maximum Gasteiger partial charge on any atom is 0.327 e. The number of carbonyl (C=O) groups excluding carboxylic acids is 3. The van der Waals surface area contributed by atoms with Crippen molar-refractivity contribution < 1.29 is 23.9 Å². The molecular formula is C28H32N4O6. The third-order valence-corrected chi connectivity index (χ3v) is 8.47. The van der Waals surface area contributed by atoms with E-state index in [-0.39, 0.29) is 48.2 Å². The largest absolute Gasteiger partial charge is 0.493 e. The molecular weight excluding hydrogens is 488 g/mol. The summed E-state index contributed by atoms with van der Waals surface area (Å²) in [5, 5.41) is 0. The number of hydrogen-bond acceptors (Lipinski definition) is 6. The van der Waals surface area contributed by atoms with Gasteiger partial charge in [-0.2, -0.15) is 0 Å². The Morgan fingerprint density at radius 2 is 1.76 bits per heavy atom. The van der Waals surface area contributed by atoms with Gasteiger partial charge in [-0.1, -0.05) is 6.07 Å². The van der Waals surface area contributed by atoms with Gasteiger partial charge < -0.3 is 23.8 Å². The van der Waals surface area contributed by atoms with Crippen molar-refractivity contribution in [3.63, 3.8) is 0 Å². The average molecular weight is 521 g/mol. The molecule has 0 N–H and O–H groups in total. The molecule has 6 rings (SSSR count).